The molecular formula is C26H17N5O3S. The normalized spacial score (nSPS) is 11.2. The lowest BCUT2D eigenvalue weighted by atomic mass is 10.0. The Morgan fingerprint density at radius 1 is 0.943 bits per heavy atom. The van der Waals surface area contributed by atoms with Gasteiger partial charge in [0.15, 0.2) is 5.82 Å². The van der Waals surface area contributed by atoms with Crippen molar-refractivity contribution in [3.63, 3.8) is 0 Å². The summed E-state index contributed by atoms with van der Waals surface area (Å²) in [5.41, 5.74) is 2.89. The van der Waals surface area contributed by atoms with Gasteiger partial charge >= 0.3 is 5.63 Å². The van der Waals surface area contributed by atoms with Crippen molar-refractivity contribution >= 4 is 38.9 Å². The summed E-state index contributed by atoms with van der Waals surface area (Å²) in [7, 11) is 0. The van der Waals surface area contributed by atoms with Crippen LogP contribution in [0.25, 0.3) is 37.6 Å². The van der Waals surface area contributed by atoms with Crippen LogP contribution in [0.2, 0.25) is 0 Å². The van der Waals surface area contributed by atoms with Gasteiger partial charge in [0.1, 0.15) is 10.6 Å². The van der Waals surface area contributed by atoms with Crippen LogP contribution in [0.4, 0.5) is 5.69 Å². The van der Waals surface area contributed by atoms with Crippen LogP contribution in [0.15, 0.2) is 88.1 Å². The van der Waals surface area contributed by atoms with E-state index in [9.17, 15) is 9.59 Å². The molecular weight excluding hydrogens is 462 g/mol. The highest BCUT2D eigenvalue weighted by Crippen LogP contribution is 2.32. The first kappa shape index (κ1) is 20.9. The average molecular weight is 480 g/mol. The Bertz CT molecular complexity index is 1800. The van der Waals surface area contributed by atoms with Crippen LogP contribution >= 0.6 is 11.3 Å². The summed E-state index contributed by atoms with van der Waals surface area (Å²) in [6.07, 6.45) is 0. The summed E-state index contributed by atoms with van der Waals surface area (Å²) in [5, 5.41) is 17.2. The summed E-state index contributed by atoms with van der Waals surface area (Å²) in [5.74, 6) is 0.391. The number of nitrogens with zero attached hydrogens (tertiary/aromatic N) is 4. The third-order valence-corrected chi connectivity index (χ3v) is 6.56. The van der Waals surface area contributed by atoms with Crippen molar-refractivity contribution in [3.05, 3.63) is 101 Å². The molecule has 9 heteroatoms. The van der Waals surface area contributed by atoms with E-state index in [4.69, 9.17) is 4.42 Å². The lowest BCUT2D eigenvalue weighted by Crippen LogP contribution is -2.13. The summed E-state index contributed by atoms with van der Waals surface area (Å²) in [6.45, 7) is 1.83. The third kappa shape index (κ3) is 3.77. The molecule has 1 amide bonds. The zero-order valence-corrected chi connectivity index (χ0v) is 19.2. The van der Waals surface area contributed by atoms with E-state index in [-0.39, 0.29) is 5.91 Å². The molecule has 35 heavy (non-hydrogen) atoms. The average Bonchev–Trinajstić information content (AvgIpc) is 3.46. The quantitative estimate of drug-likeness (QED) is 0.349. The fraction of sp³-hybridized carbons (Fsp3) is 0.0385. The highest BCUT2D eigenvalue weighted by Gasteiger charge is 2.16. The molecule has 0 spiro atoms. The first-order chi connectivity index (χ1) is 17.1. The second-order valence-corrected chi connectivity index (χ2v) is 8.87. The maximum Gasteiger partial charge on any atom is 0.344 e. The van der Waals surface area contributed by atoms with Crippen molar-refractivity contribution in [3.8, 4) is 21.7 Å². The standard InChI is InChI=1S/C26H17N5O3S/c1-15-28-29-26-31(15)30-24(35-26)19-10-3-4-11-21(19)27-23(32)18-9-6-8-16(13-18)20-14-17-7-2-5-12-22(17)34-25(20)33/h2-14H,1H3,(H,27,32). The molecule has 0 saturated heterocycles. The number of carbonyl (C=O) groups is 1. The van der Waals surface area contributed by atoms with E-state index in [0.717, 1.165) is 16.0 Å². The largest absolute Gasteiger partial charge is 0.422 e. The van der Waals surface area contributed by atoms with Crippen molar-refractivity contribution in [2.24, 2.45) is 0 Å². The Morgan fingerprint density at radius 3 is 2.66 bits per heavy atom. The third-order valence-electron chi connectivity index (χ3n) is 5.63. The number of para-hydroxylation sites is 2. The number of hydrogen-bond donors (Lipinski definition) is 1. The Hall–Kier alpha value is -4.63. The summed E-state index contributed by atoms with van der Waals surface area (Å²) >= 11 is 1.39. The van der Waals surface area contributed by atoms with Crippen LogP contribution in [-0.4, -0.2) is 25.7 Å². The smallest absolute Gasteiger partial charge is 0.344 e. The summed E-state index contributed by atoms with van der Waals surface area (Å²) in [4.78, 5) is 26.5. The first-order valence-electron chi connectivity index (χ1n) is 10.8. The molecule has 6 rings (SSSR count). The Balaban J connectivity index is 1.33. The van der Waals surface area contributed by atoms with Gasteiger partial charge in [-0.25, -0.2) is 4.79 Å². The molecule has 0 bridgehead atoms. The molecule has 3 aromatic heterocycles. The maximum absolute atomic E-state index is 13.2. The topological polar surface area (TPSA) is 102 Å². The second kappa shape index (κ2) is 8.30. The minimum absolute atomic E-state index is 0.302. The van der Waals surface area contributed by atoms with Gasteiger partial charge in [-0.2, -0.15) is 9.61 Å². The molecule has 0 unspecified atom stereocenters. The van der Waals surface area contributed by atoms with Crippen molar-refractivity contribution in [1.29, 1.82) is 0 Å². The predicted molar refractivity (Wildman–Crippen MR) is 135 cm³/mol. The van der Waals surface area contributed by atoms with Gasteiger partial charge in [-0.1, -0.05) is 53.8 Å². The highest BCUT2D eigenvalue weighted by atomic mass is 32.1. The summed E-state index contributed by atoms with van der Waals surface area (Å²) in [6, 6.07) is 23.5. The number of aryl methyl sites for hydroxylation is 1. The molecule has 170 valence electrons. The number of fused-ring (bicyclic) bond motifs is 2. The van der Waals surface area contributed by atoms with Crippen molar-refractivity contribution in [1.82, 2.24) is 19.8 Å². The minimum atomic E-state index is -0.454. The number of rotatable bonds is 4. The Morgan fingerprint density at radius 2 is 1.77 bits per heavy atom. The van der Waals surface area contributed by atoms with Crippen molar-refractivity contribution < 1.29 is 9.21 Å². The van der Waals surface area contributed by atoms with Gasteiger partial charge in [0, 0.05) is 16.5 Å². The van der Waals surface area contributed by atoms with E-state index >= 15 is 0 Å². The van der Waals surface area contributed by atoms with E-state index in [0.29, 0.717) is 38.7 Å². The number of amides is 1. The minimum Gasteiger partial charge on any atom is -0.422 e. The van der Waals surface area contributed by atoms with Crippen LogP contribution in [-0.2, 0) is 0 Å². The number of carbonyl (C=O) groups excluding carboxylic acids is 1. The number of benzene rings is 3. The molecule has 6 aromatic rings. The predicted octanol–water partition coefficient (Wildman–Crippen LogP) is 5.19. The molecule has 1 N–H and O–H groups in total. The fourth-order valence-electron chi connectivity index (χ4n) is 3.89. The lowest BCUT2D eigenvalue weighted by Gasteiger charge is -2.10. The fourth-order valence-corrected chi connectivity index (χ4v) is 4.81. The van der Waals surface area contributed by atoms with E-state index in [1.54, 1.807) is 40.9 Å². The van der Waals surface area contributed by atoms with Gasteiger partial charge < -0.3 is 9.73 Å². The van der Waals surface area contributed by atoms with Gasteiger partial charge in [0.05, 0.1) is 11.3 Å². The van der Waals surface area contributed by atoms with Gasteiger partial charge in [-0.15, -0.1) is 10.2 Å². The molecule has 0 radical (unpaired) electrons. The van der Waals surface area contributed by atoms with Crippen LogP contribution in [0.1, 0.15) is 16.2 Å². The van der Waals surface area contributed by atoms with Crippen LogP contribution in [0.5, 0.6) is 0 Å². The number of anilines is 1. The van der Waals surface area contributed by atoms with Crippen molar-refractivity contribution in [2.75, 3.05) is 5.32 Å². The lowest BCUT2D eigenvalue weighted by molar-refractivity contribution is 0.102. The number of aromatic nitrogens is 4. The maximum atomic E-state index is 13.2. The Kier molecular flexibility index (Phi) is 4.97. The van der Waals surface area contributed by atoms with Crippen LogP contribution in [0.3, 0.4) is 0 Å². The van der Waals surface area contributed by atoms with Gasteiger partial charge in [0.2, 0.25) is 4.96 Å². The molecule has 8 nitrogen and oxygen atoms in total. The molecule has 0 aliphatic rings. The highest BCUT2D eigenvalue weighted by molar-refractivity contribution is 7.19. The molecule has 0 aliphatic carbocycles. The number of hydrogen-bond acceptors (Lipinski definition) is 7. The molecule has 3 heterocycles. The molecule has 0 aliphatic heterocycles. The van der Waals surface area contributed by atoms with Gasteiger partial charge in [-0.05, 0) is 48.9 Å². The van der Waals surface area contributed by atoms with E-state index < -0.39 is 5.63 Å². The molecule has 0 saturated carbocycles. The van der Waals surface area contributed by atoms with E-state index in [1.807, 2.05) is 49.4 Å². The van der Waals surface area contributed by atoms with Crippen LogP contribution in [0, 0.1) is 6.92 Å². The zero-order valence-electron chi connectivity index (χ0n) is 18.4. The number of nitrogens with one attached hydrogen (secondary N) is 1. The summed E-state index contributed by atoms with van der Waals surface area (Å²) < 4.78 is 7.14. The van der Waals surface area contributed by atoms with Gasteiger partial charge in [-0.3, -0.25) is 4.79 Å². The molecule has 3 aromatic carbocycles. The zero-order chi connectivity index (χ0) is 23.9. The van der Waals surface area contributed by atoms with Gasteiger partial charge in [0.25, 0.3) is 5.91 Å². The SMILES string of the molecule is Cc1nnc2sc(-c3ccccc3NC(=O)c3cccc(-c4cc5ccccc5oc4=O)c3)nn12. The van der Waals surface area contributed by atoms with Crippen molar-refractivity contribution in [2.45, 2.75) is 6.92 Å². The van der Waals surface area contributed by atoms with E-state index in [2.05, 4.69) is 20.6 Å². The second-order valence-electron chi connectivity index (χ2n) is 7.91. The molecule has 0 fully saturated rings. The van der Waals surface area contributed by atoms with Crippen LogP contribution < -0.4 is 10.9 Å². The monoisotopic (exact) mass is 479 g/mol. The molecule has 0 atom stereocenters. The van der Waals surface area contributed by atoms with E-state index in [1.165, 1.54) is 11.3 Å². The first-order valence-corrected chi connectivity index (χ1v) is 11.6. The Labute approximate surface area is 202 Å².